The Morgan fingerprint density at radius 2 is 2.08 bits per heavy atom. The molecule has 0 unspecified atom stereocenters. The average Bonchev–Trinajstić information content (AvgIpc) is 2.09. The van der Waals surface area contributed by atoms with E-state index in [0.29, 0.717) is 12.1 Å². The van der Waals surface area contributed by atoms with Crippen LogP contribution in [-0.4, -0.2) is 5.91 Å². The zero-order chi connectivity index (χ0) is 9.68. The summed E-state index contributed by atoms with van der Waals surface area (Å²) in [7, 11) is 0. The second kappa shape index (κ2) is 4.50. The second-order valence-electron chi connectivity index (χ2n) is 2.79. The highest BCUT2D eigenvalue weighted by molar-refractivity contribution is 5.92. The van der Waals surface area contributed by atoms with Crippen molar-refractivity contribution >= 4 is 11.6 Å². The number of hydrogen-bond donors (Lipinski definition) is 1. The molecule has 1 aromatic carbocycles. The molecule has 0 saturated carbocycles. The molecule has 0 bridgehead atoms. The molecule has 3 nitrogen and oxygen atoms in total. The first-order valence-electron chi connectivity index (χ1n) is 4.30. The fourth-order valence-corrected chi connectivity index (χ4v) is 1.01. The van der Waals surface area contributed by atoms with E-state index in [0.717, 1.165) is 6.42 Å². The monoisotopic (exact) mass is 178 g/mol. The van der Waals surface area contributed by atoms with Gasteiger partial charge in [-0.2, -0.15) is 0 Å². The third-order valence-electron chi connectivity index (χ3n) is 1.64. The summed E-state index contributed by atoms with van der Waals surface area (Å²) in [6.07, 6.45) is 1.24. The lowest BCUT2D eigenvalue weighted by molar-refractivity contribution is -0.116. The summed E-state index contributed by atoms with van der Waals surface area (Å²) in [6, 6.07) is 6.41. The van der Waals surface area contributed by atoms with Gasteiger partial charge < -0.3 is 5.32 Å². The molecule has 0 aliphatic carbocycles. The Hall–Kier alpha value is -1.51. The maximum atomic E-state index is 11.1. The van der Waals surface area contributed by atoms with Crippen LogP contribution in [0.1, 0.15) is 19.8 Å². The third kappa shape index (κ3) is 2.78. The van der Waals surface area contributed by atoms with Crippen molar-refractivity contribution in [3.05, 3.63) is 24.3 Å². The molecule has 1 aromatic rings. The van der Waals surface area contributed by atoms with E-state index in [4.69, 9.17) is 0 Å². The molecule has 0 aliphatic heterocycles. The van der Waals surface area contributed by atoms with Crippen molar-refractivity contribution in [2.75, 3.05) is 5.32 Å². The van der Waals surface area contributed by atoms with Gasteiger partial charge in [-0.25, -0.2) is 0 Å². The van der Waals surface area contributed by atoms with Crippen LogP contribution >= 0.6 is 0 Å². The van der Waals surface area contributed by atoms with E-state index in [1.54, 1.807) is 18.2 Å². The molecule has 1 rings (SSSR count). The summed E-state index contributed by atoms with van der Waals surface area (Å²) in [4.78, 5) is 11.1. The first kappa shape index (κ1) is 9.58. The number of carbonyl (C=O) groups is 1. The van der Waals surface area contributed by atoms with Gasteiger partial charge >= 0.3 is 0 Å². The first-order chi connectivity index (χ1) is 6.24. The van der Waals surface area contributed by atoms with Crippen molar-refractivity contribution in [2.45, 2.75) is 19.8 Å². The van der Waals surface area contributed by atoms with Crippen LogP contribution in [-0.2, 0) is 9.90 Å². The van der Waals surface area contributed by atoms with E-state index in [9.17, 15) is 9.90 Å². The second-order valence-corrected chi connectivity index (χ2v) is 2.79. The maximum absolute atomic E-state index is 11.1. The molecule has 0 saturated heterocycles. The summed E-state index contributed by atoms with van der Waals surface area (Å²) in [5.41, 5.74) is 0.362. The Bertz CT molecular complexity index is 297. The number of benzene rings is 1. The molecular weight excluding hydrogens is 166 g/mol. The SMILES string of the molecule is CCCC(=O)Nc1ccccc1[O]. The molecule has 0 aliphatic rings. The van der Waals surface area contributed by atoms with Gasteiger partial charge in [0.25, 0.3) is 0 Å². The van der Waals surface area contributed by atoms with Gasteiger partial charge in [0.05, 0.1) is 5.69 Å². The average molecular weight is 178 g/mol. The fraction of sp³-hybridized carbons (Fsp3) is 0.300. The predicted molar refractivity (Wildman–Crippen MR) is 50.1 cm³/mol. The number of rotatable bonds is 3. The van der Waals surface area contributed by atoms with Crippen LogP contribution in [0.15, 0.2) is 24.3 Å². The molecule has 69 valence electrons. The van der Waals surface area contributed by atoms with Gasteiger partial charge in [-0.3, -0.25) is 9.90 Å². The molecule has 1 N–H and O–H groups in total. The van der Waals surface area contributed by atoms with E-state index >= 15 is 0 Å². The van der Waals surface area contributed by atoms with Gasteiger partial charge in [0.2, 0.25) is 11.7 Å². The normalized spacial score (nSPS) is 9.62. The smallest absolute Gasteiger partial charge is 0.224 e. The van der Waals surface area contributed by atoms with Crippen molar-refractivity contribution in [3.63, 3.8) is 0 Å². The quantitative estimate of drug-likeness (QED) is 0.759. The highest BCUT2D eigenvalue weighted by Crippen LogP contribution is 2.22. The Balaban J connectivity index is 2.63. The third-order valence-corrected chi connectivity index (χ3v) is 1.64. The molecule has 1 amide bonds. The van der Waals surface area contributed by atoms with Gasteiger partial charge in [0, 0.05) is 6.42 Å². The summed E-state index contributed by atoms with van der Waals surface area (Å²) in [5.74, 6) is -0.252. The number of para-hydroxylation sites is 2. The van der Waals surface area contributed by atoms with E-state index in [2.05, 4.69) is 5.32 Å². The Morgan fingerprint density at radius 3 is 2.69 bits per heavy atom. The van der Waals surface area contributed by atoms with Gasteiger partial charge in [-0.05, 0) is 18.6 Å². The van der Waals surface area contributed by atoms with Crippen molar-refractivity contribution in [3.8, 4) is 5.75 Å². The summed E-state index contributed by atoms with van der Waals surface area (Å²) in [6.45, 7) is 1.92. The molecule has 13 heavy (non-hydrogen) atoms. The van der Waals surface area contributed by atoms with Crippen molar-refractivity contribution < 1.29 is 9.90 Å². The summed E-state index contributed by atoms with van der Waals surface area (Å²) in [5, 5.41) is 13.7. The summed E-state index contributed by atoms with van der Waals surface area (Å²) >= 11 is 0. The minimum atomic E-state index is -0.146. The van der Waals surface area contributed by atoms with E-state index in [1.807, 2.05) is 6.92 Å². The highest BCUT2D eigenvalue weighted by atomic mass is 16.3. The molecule has 0 atom stereocenters. The zero-order valence-electron chi connectivity index (χ0n) is 7.54. The lowest BCUT2D eigenvalue weighted by atomic mass is 10.2. The topological polar surface area (TPSA) is 49.0 Å². The van der Waals surface area contributed by atoms with Gasteiger partial charge in [-0.1, -0.05) is 19.1 Å². The van der Waals surface area contributed by atoms with Crippen molar-refractivity contribution in [1.82, 2.24) is 0 Å². The van der Waals surface area contributed by atoms with Crippen LogP contribution in [0, 0.1) is 0 Å². The van der Waals surface area contributed by atoms with Gasteiger partial charge in [0.15, 0.2) is 0 Å². The zero-order valence-corrected chi connectivity index (χ0v) is 7.54. The molecule has 3 heteroatoms. The Kier molecular flexibility index (Phi) is 3.31. The Morgan fingerprint density at radius 1 is 1.38 bits per heavy atom. The predicted octanol–water partition coefficient (Wildman–Crippen LogP) is 2.57. The van der Waals surface area contributed by atoms with E-state index in [-0.39, 0.29) is 11.7 Å². The minimum absolute atomic E-state index is 0.106. The fourth-order valence-electron chi connectivity index (χ4n) is 1.01. The summed E-state index contributed by atoms with van der Waals surface area (Å²) < 4.78 is 0. The van der Waals surface area contributed by atoms with Crippen LogP contribution in [0.2, 0.25) is 0 Å². The number of amides is 1. The van der Waals surface area contributed by atoms with Crippen molar-refractivity contribution in [2.24, 2.45) is 0 Å². The van der Waals surface area contributed by atoms with Crippen LogP contribution < -0.4 is 5.32 Å². The maximum Gasteiger partial charge on any atom is 0.224 e. The van der Waals surface area contributed by atoms with Crippen molar-refractivity contribution in [1.29, 1.82) is 0 Å². The van der Waals surface area contributed by atoms with Crippen LogP contribution in [0.4, 0.5) is 5.69 Å². The van der Waals surface area contributed by atoms with Gasteiger partial charge in [0.1, 0.15) is 0 Å². The van der Waals surface area contributed by atoms with Gasteiger partial charge in [-0.15, -0.1) is 0 Å². The molecule has 0 spiro atoms. The number of anilines is 1. The van der Waals surface area contributed by atoms with E-state index < -0.39 is 0 Å². The standard InChI is InChI=1S/C10H12NO2/c1-2-5-10(13)11-8-6-3-4-7-9(8)12/h3-4,6-7H,2,5H2,1H3,(H,11,13). The molecule has 0 fully saturated rings. The largest absolute Gasteiger partial charge is 0.323 e. The highest BCUT2D eigenvalue weighted by Gasteiger charge is 2.04. The molecule has 1 radical (unpaired) electrons. The number of hydrogen-bond acceptors (Lipinski definition) is 1. The first-order valence-corrected chi connectivity index (χ1v) is 4.30. The molecule has 0 aromatic heterocycles. The van der Waals surface area contributed by atoms with Crippen LogP contribution in [0.25, 0.3) is 0 Å². The lowest BCUT2D eigenvalue weighted by Crippen LogP contribution is -2.10. The lowest BCUT2D eigenvalue weighted by Gasteiger charge is -2.03. The Labute approximate surface area is 77.4 Å². The van der Waals surface area contributed by atoms with Crippen LogP contribution in [0.5, 0.6) is 5.75 Å². The number of nitrogens with one attached hydrogen (secondary N) is 1. The molecular formula is C10H12NO2. The van der Waals surface area contributed by atoms with Crippen LogP contribution in [0.3, 0.4) is 0 Å². The minimum Gasteiger partial charge on any atom is -0.323 e. The molecule has 0 heterocycles. The van der Waals surface area contributed by atoms with E-state index in [1.165, 1.54) is 6.07 Å². The number of carbonyl (C=O) groups excluding carboxylic acids is 1.